The number of hydrogen-bond donors (Lipinski definition) is 3. The van der Waals surface area contributed by atoms with Crippen LogP contribution in [0.3, 0.4) is 0 Å². The number of benzene rings is 2. The number of carbonyl (C=O) groups is 1. The van der Waals surface area contributed by atoms with Gasteiger partial charge in [0.2, 0.25) is 0 Å². The Bertz CT molecular complexity index is 996. The van der Waals surface area contributed by atoms with Crippen molar-refractivity contribution in [2.75, 3.05) is 17.1 Å². The first kappa shape index (κ1) is 20.2. The number of rotatable bonds is 7. The van der Waals surface area contributed by atoms with Gasteiger partial charge in [0.05, 0.1) is 18.1 Å². The van der Waals surface area contributed by atoms with E-state index in [4.69, 9.17) is 15.1 Å². The van der Waals surface area contributed by atoms with E-state index in [1.807, 2.05) is 0 Å². The van der Waals surface area contributed by atoms with Gasteiger partial charge in [-0.05, 0) is 60.3 Å². The van der Waals surface area contributed by atoms with Crippen molar-refractivity contribution >= 4 is 39.9 Å². The molecule has 1 heterocycles. The summed E-state index contributed by atoms with van der Waals surface area (Å²) in [5.41, 5.74) is 8.25. The van der Waals surface area contributed by atoms with Crippen molar-refractivity contribution in [2.24, 2.45) is 0 Å². The van der Waals surface area contributed by atoms with Crippen LogP contribution in [0, 0.1) is 0 Å². The molecule has 0 saturated heterocycles. The van der Waals surface area contributed by atoms with Crippen LogP contribution in [0.25, 0.3) is 0 Å². The summed E-state index contributed by atoms with van der Waals surface area (Å²) in [6.07, 6.45) is 0.221. The first-order valence-corrected chi connectivity index (χ1v) is 10.3. The summed E-state index contributed by atoms with van der Waals surface area (Å²) in [6, 6.07) is 9.28. The molecule has 0 bridgehead atoms. The summed E-state index contributed by atoms with van der Waals surface area (Å²) in [4.78, 5) is 11.7. The number of sulfonamides is 1. The molecule has 8 nitrogen and oxygen atoms in total. The number of esters is 1. The molecule has 0 atom stereocenters. The Hall–Kier alpha value is -2.56. The highest BCUT2D eigenvalue weighted by Gasteiger charge is 2.28. The molecule has 2 aromatic carbocycles. The molecule has 1 aliphatic rings. The van der Waals surface area contributed by atoms with Crippen LogP contribution in [0.15, 0.2) is 41.3 Å². The lowest BCUT2D eigenvalue weighted by Gasteiger charge is -2.14. The van der Waals surface area contributed by atoms with Gasteiger partial charge in [0.15, 0.2) is 0 Å². The molecule has 0 aromatic heterocycles. The Labute approximate surface area is 163 Å². The zero-order chi connectivity index (χ0) is 20.3. The highest BCUT2D eigenvalue weighted by Crippen LogP contribution is 2.24. The van der Waals surface area contributed by atoms with Crippen molar-refractivity contribution in [2.45, 2.75) is 31.3 Å². The molecular formula is C18H21BN2O6S. The van der Waals surface area contributed by atoms with E-state index < -0.39 is 23.1 Å². The van der Waals surface area contributed by atoms with Crippen LogP contribution in [0.1, 0.15) is 24.5 Å². The van der Waals surface area contributed by atoms with Crippen molar-refractivity contribution in [3.05, 3.63) is 47.5 Å². The summed E-state index contributed by atoms with van der Waals surface area (Å²) >= 11 is 0. The SMILES string of the molecule is CCOC(=O)CCc1cc(N)ccc1S(=O)(=O)Nc1ccc2c(c1)B(O)OC2. The average molecular weight is 404 g/mol. The molecule has 10 heteroatoms. The third-order valence-corrected chi connectivity index (χ3v) is 5.82. The molecule has 1 aliphatic heterocycles. The van der Waals surface area contributed by atoms with Crippen molar-refractivity contribution < 1.29 is 27.6 Å². The topological polar surface area (TPSA) is 128 Å². The van der Waals surface area contributed by atoms with Crippen LogP contribution in [-0.4, -0.2) is 33.1 Å². The smallest absolute Gasteiger partial charge is 0.466 e. The molecule has 0 aliphatic carbocycles. The Kier molecular flexibility index (Phi) is 5.92. The van der Waals surface area contributed by atoms with Gasteiger partial charge >= 0.3 is 13.1 Å². The number of ether oxygens (including phenoxy) is 1. The van der Waals surface area contributed by atoms with Gasteiger partial charge in [0.25, 0.3) is 10.0 Å². The van der Waals surface area contributed by atoms with Crippen LogP contribution in [0.4, 0.5) is 11.4 Å². The van der Waals surface area contributed by atoms with E-state index in [0.717, 1.165) is 5.56 Å². The zero-order valence-corrected chi connectivity index (χ0v) is 16.2. The minimum Gasteiger partial charge on any atom is -0.466 e. The number of hydrogen-bond acceptors (Lipinski definition) is 7. The third-order valence-electron chi connectivity index (χ3n) is 4.34. The van der Waals surface area contributed by atoms with E-state index in [2.05, 4.69) is 4.72 Å². The molecule has 0 amide bonds. The lowest BCUT2D eigenvalue weighted by atomic mass is 9.79. The average Bonchev–Trinajstić information content (AvgIpc) is 3.00. The molecule has 3 rings (SSSR count). The summed E-state index contributed by atoms with van der Waals surface area (Å²) in [7, 11) is -5.01. The normalized spacial score (nSPS) is 13.3. The second-order valence-corrected chi connectivity index (χ2v) is 8.01. The number of fused-ring (bicyclic) bond motifs is 1. The Morgan fingerprint density at radius 3 is 2.86 bits per heavy atom. The van der Waals surface area contributed by atoms with Crippen LogP contribution in [-0.2, 0) is 37.2 Å². The second-order valence-electron chi connectivity index (χ2n) is 6.35. The van der Waals surface area contributed by atoms with Gasteiger partial charge < -0.3 is 20.1 Å². The predicted molar refractivity (Wildman–Crippen MR) is 105 cm³/mol. The van der Waals surface area contributed by atoms with E-state index in [9.17, 15) is 18.2 Å². The molecule has 0 radical (unpaired) electrons. The second kappa shape index (κ2) is 8.21. The Morgan fingerprint density at radius 1 is 1.32 bits per heavy atom. The highest BCUT2D eigenvalue weighted by atomic mass is 32.2. The van der Waals surface area contributed by atoms with Gasteiger partial charge in [-0.1, -0.05) is 6.07 Å². The molecule has 0 fully saturated rings. The number of anilines is 2. The first-order valence-electron chi connectivity index (χ1n) is 8.79. The van der Waals surface area contributed by atoms with E-state index in [1.165, 1.54) is 18.2 Å². The van der Waals surface area contributed by atoms with E-state index in [1.54, 1.807) is 25.1 Å². The quantitative estimate of drug-likeness (QED) is 0.354. The lowest BCUT2D eigenvalue weighted by molar-refractivity contribution is -0.143. The number of nitrogen functional groups attached to an aromatic ring is 1. The zero-order valence-electron chi connectivity index (χ0n) is 15.3. The summed E-state index contributed by atoms with van der Waals surface area (Å²) in [5, 5.41) is 9.80. The highest BCUT2D eigenvalue weighted by molar-refractivity contribution is 7.92. The predicted octanol–water partition coefficient (Wildman–Crippen LogP) is 0.783. The van der Waals surface area contributed by atoms with Crippen LogP contribution in [0.5, 0.6) is 0 Å². The number of carbonyl (C=O) groups excluding carboxylic acids is 1. The van der Waals surface area contributed by atoms with Crippen molar-refractivity contribution in [1.29, 1.82) is 0 Å². The Morgan fingerprint density at radius 2 is 2.11 bits per heavy atom. The monoisotopic (exact) mass is 404 g/mol. The number of nitrogens with two attached hydrogens (primary N) is 1. The molecule has 0 unspecified atom stereocenters. The molecule has 0 saturated carbocycles. The molecule has 28 heavy (non-hydrogen) atoms. The fourth-order valence-electron chi connectivity index (χ4n) is 3.02. The standard InChI is InChI=1S/C18H21BN2O6S/c1-2-26-18(22)8-4-12-9-14(20)5-7-17(12)28(24,25)21-15-6-3-13-11-27-19(23)16(13)10-15/h3,5-7,9-10,21,23H,2,4,8,11,20H2,1H3. The molecule has 4 N–H and O–H groups in total. The van der Waals surface area contributed by atoms with Crippen LogP contribution >= 0.6 is 0 Å². The van der Waals surface area contributed by atoms with Gasteiger partial charge in [-0.3, -0.25) is 9.52 Å². The molecular weight excluding hydrogens is 383 g/mol. The third kappa shape index (κ3) is 4.46. The number of nitrogens with one attached hydrogen (secondary N) is 1. The fraction of sp³-hybridized carbons (Fsp3) is 0.278. The molecule has 0 spiro atoms. The summed E-state index contributed by atoms with van der Waals surface area (Å²) in [5.74, 6) is -0.408. The van der Waals surface area contributed by atoms with E-state index in [-0.39, 0.29) is 31.0 Å². The summed E-state index contributed by atoms with van der Waals surface area (Å²) < 4.78 is 38.4. The van der Waals surface area contributed by atoms with Crippen LogP contribution in [0.2, 0.25) is 0 Å². The van der Waals surface area contributed by atoms with Gasteiger partial charge in [0.1, 0.15) is 0 Å². The van der Waals surface area contributed by atoms with Gasteiger partial charge in [-0.15, -0.1) is 0 Å². The minimum atomic E-state index is -3.94. The minimum absolute atomic E-state index is 0.0308. The van der Waals surface area contributed by atoms with Gasteiger partial charge in [-0.2, -0.15) is 0 Å². The maximum Gasteiger partial charge on any atom is 0.491 e. The lowest BCUT2D eigenvalue weighted by Crippen LogP contribution is -2.28. The van der Waals surface area contributed by atoms with E-state index >= 15 is 0 Å². The van der Waals surface area contributed by atoms with Crippen molar-refractivity contribution in [3.63, 3.8) is 0 Å². The van der Waals surface area contributed by atoms with Crippen LogP contribution < -0.4 is 15.9 Å². The molecule has 2 aromatic rings. The maximum absolute atomic E-state index is 12.9. The number of aryl methyl sites for hydroxylation is 1. The van der Waals surface area contributed by atoms with Crippen molar-refractivity contribution in [1.82, 2.24) is 0 Å². The largest absolute Gasteiger partial charge is 0.491 e. The Balaban J connectivity index is 1.85. The summed E-state index contributed by atoms with van der Waals surface area (Å²) in [6.45, 7) is 2.24. The fourth-order valence-corrected chi connectivity index (χ4v) is 4.32. The van der Waals surface area contributed by atoms with Gasteiger partial charge in [0, 0.05) is 17.8 Å². The van der Waals surface area contributed by atoms with Crippen molar-refractivity contribution in [3.8, 4) is 0 Å². The van der Waals surface area contributed by atoms with E-state index in [0.29, 0.717) is 22.4 Å². The van der Waals surface area contributed by atoms with Gasteiger partial charge in [-0.25, -0.2) is 8.42 Å². The molecule has 148 valence electrons. The first-order chi connectivity index (χ1) is 13.3. The maximum atomic E-state index is 12.9.